The minimum atomic E-state index is -0.322. The molecule has 0 fully saturated rings. The zero-order chi connectivity index (χ0) is 14.2. The van der Waals surface area contributed by atoms with E-state index in [1.165, 1.54) is 7.11 Å². The fraction of sp³-hybridized carbons (Fsp3) is 0.0667. The van der Waals surface area contributed by atoms with Crippen LogP contribution >= 0.6 is 0 Å². The van der Waals surface area contributed by atoms with Crippen LogP contribution in [0.3, 0.4) is 0 Å². The summed E-state index contributed by atoms with van der Waals surface area (Å²) < 4.78 is 5.44. The second-order valence-corrected chi connectivity index (χ2v) is 3.81. The number of benzene rings is 2. The molecule has 2 rings (SSSR count). The van der Waals surface area contributed by atoms with Crippen molar-refractivity contribution in [1.29, 1.82) is 0 Å². The Morgan fingerprint density at radius 1 is 1.00 bits per heavy atom. The van der Waals surface area contributed by atoms with Crippen LogP contribution in [0.4, 0.5) is 0 Å². The number of nitrogens with zero attached hydrogens (tertiary/aromatic N) is 1. The summed E-state index contributed by atoms with van der Waals surface area (Å²) in [5.74, 6) is 0.231. The third kappa shape index (κ3) is 3.84. The molecule has 2 aromatic carbocycles. The first-order valence-corrected chi connectivity index (χ1v) is 6.00. The first-order chi connectivity index (χ1) is 9.79. The molecule has 0 radical (unpaired) electrons. The van der Waals surface area contributed by atoms with E-state index >= 15 is 0 Å². The standard InChI is InChI=1S/C15H14N2O3/c1-19-17-15(20-13-10-6-3-7-11-13)16-14(18)12-8-4-2-5-9-12/h2-11H,1H3,(H,16,17,18). The van der Waals surface area contributed by atoms with Crippen LogP contribution in [0.25, 0.3) is 0 Å². The van der Waals surface area contributed by atoms with Crippen molar-refractivity contribution in [3.63, 3.8) is 0 Å². The number of amides is 1. The van der Waals surface area contributed by atoms with E-state index in [1.54, 1.807) is 36.4 Å². The Morgan fingerprint density at radius 3 is 2.20 bits per heavy atom. The highest BCUT2D eigenvalue weighted by Gasteiger charge is 2.10. The summed E-state index contributed by atoms with van der Waals surface area (Å²) in [6, 6.07) is 17.8. The lowest BCUT2D eigenvalue weighted by Gasteiger charge is -2.09. The molecule has 20 heavy (non-hydrogen) atoms. The summed E-state index contributed by atoms with van der Waals surface area (Å²) in [5.41, 5.74) is 0.507. The molecule has 0 saturated carbocycles. The number of carbonyl (C=O) groups excluding carboxylic acids is 1. The zero-order valence-electron chi connectivity index (χ0n) is 10.9. The third-order valence-corrected chi connectivity index (χ3v) is 2.39. The van der Waals surface area contributed by atoms with Crippen LogP contribution < -0.4 is 10.1 Å². The Morgan fingerprint density at radius 2 is 1.60 bits per heavy atom. The number of hydrogen-bond acceptors (Lipinski definition) is 4. The van der Waals surface area contributed by atoms with Gasteiger partial charge in [-0.25, -0.2) is 0 Å². The molecule has 0 aliphatic heterocycles. The molecule has 0 bridgehead atoms. The molecular formula is C15H14N2O3. The van der Waals surface area contributed by atoms with Crippen molar-refractivity contribution < 1.29 is 14.4 Å². The van der Waals surface area contributed by atoms with Crippen molar-refractivity contribution in [2.24, 2.45) is 5.16 Å². The van der Waals surface area contributed by atoms with Crippen LogP contribution in [-0.2, 0) is 4.84 Å². The number of para-hydroxylation sites is 1. The molecule has 5 heteroatoms. The lowest BCUT2D eigenvalue weighted by atomic mass is 10.2. The third-order valence-electron chi connectivity index (χ3n) is 2.39. The van der Waals surface area contributed by atoms with E-state index in [4.69, 9.17) is 4.74 Å². The van der Waals surface area contributed by atoms with Crippen molar-refractivity contribution in [2.75, 3.05) is 7.11 Å². The molecule has 5 nitrogen and oxygen atoms in total. The molecule has 0 unspecified atom stereocenters. The highest BCUT2D eigenvalue weighted by molar-refractivity contribution is 6.04. The van der Waals surface area contributed by atoms with Gasteiger partial charge >= 0.3 is 6.02 Å². The number of hydrogen-bond donors (Lipinski definition) is 1. The topological polar surface area (TPSA) is 59.9 Å². The van der Waals surface area contributed by atoms with Crippen LogP contribution in [-0.4, -0.2) is 19.0 Å². The molecule has 0 saturated heterocycles. The van der Waals surface area contributed by atoms with E-state index in [2.05, 4.69) is 15.3 Å². The predicted molar refractivity (Wildman–Crippen MR) is 75.4 cm³/mol. The lowest BCUT2D eigenvalue weighted by molar-refractivity contribution is 0.0967. The highest BCUT2D eigenvalue weighted by atomic mass is 16.6. The average Bonchev–Trinajstić information content (AvgIpc) is 2.49. The van der Waals surface area contributed by atoms with Crippen LogP contribution in [0.1, 0.15) is 10.4 Å². The maximum atomic E-state index is 12.0. The molecule has 0 heterocycles. The highest BCUT2D eigenvalue weighted by Crippen LogP contribution is 2.08. The second kappa shape index (κ2) is 6.94. The largest absolute Gasteiger partial charge is 0.424 e. The second-order valence-electron chi connectivity index (χ2n) is 3.81. The first kappa shape index (κ1) is 13.6. The summed E-state index contributed by atoms with van der Waals surface area (Å²) >= 11 is 0. The number of rotatable bonds is 3. The van der Waals surface area contributed by atoms with Crippen molar-refractivity contribution in [3.05, 3.63) is 66.2 Å². The molecule has 0 atom stereocenters. The van der Waals surface area contributed by atoms with Gasteiger partial charge < -0.3 is 9.57 Å². The average molecular weight is 270 g/mol. The Balaban J connectivity index is 2.07. The first-order valence-electron chi connectivity index (χ1n) is 6.00. The van der Waals surface area contributed by atoms with Gasteiger partial charge in [-0.15, -0.1) is 0 Å². The molecule has 1 amide bonds. The van der Waals surface area contributed by atoms with Gasteiger partial charge in [-0.1, -0.05) is 36.4 Å². The Kier molecular flexibility index (Phi) is 4.72. The van der Waals surface area contributed by atoms with Crippen molar-refractivity contribution in [3.8, 4) is 5.75 Å². The maximum absolute atomic E-state index is 12.0. The van der Waals surface area contributed by atoms with Gasteiger partial charge in [0.15, 0.2) is 0 Å². The number of nitrogens with one attached hydrogen (secondary N) is 1. The van der Waals surface area contributed by atoms with Crippen molar-refractivity contribution >= 4 is 11.9 Å². The fourth-order valence-electron chi connectivity index (χ4n) is 1.51. The molecule has 2 aromatic rings. The monoisotopic (exact) mass is 270 g/mol. The minimum absolute atomic E-state index is 0.0208. The Hall–Kier alpha value is -2.82. The SMILES string of the molecule is CO/N=C(/NC(=O)c1ccccc1)Oc1ccccc1. The number of carbonyl (C=O) groups is 1. The van der Waals surface area contributed by atoms with Crippen molar-refractivity contribution in [2.45, 2.75) is 0 Å². The molecular weight excluding hydrogens is 256 g/mol. The number of ether oxygens (including phenoxy) is 1. The molecule has 102 valence electrons. The van der Waals surface area contributed by atoms with Crippen LogP contribution in [0, 0.1) is 0 Å². The van der Waals surface area contributed by atoms with E-state index in [9.17, 15) is 4.79 Å². The lowest BCUT2D eigenvalue weighted by Crippen LogP contribution is -2.34. The van der Waals surface area contributed by atoms with Gasteiger partial charge in [0.2, 0.25) is 0 Å². The fourth-order valence-corrected chi connectivity index (χ4v) is 1.51. The van der Waals surface area contributed by atoms with E-state index < -0.39 is 0 Å². The van der Waals surface area contributed by atoms with E-state index in [0.717, 1.165) is 0 Å². The zero-order valence-corrected chi connectivity index (χ0v) is 10.9. The van der Waals surface area contributed by atoms with Gasteiger partial charge in [-0.3, -0.25) is 10.1 Å². The van der Waals surface area contributed by atoms with Gasteiger partial charge in [-0.05, 0) is 29.4 Å². The van der Waals surface area contributed by atoms with E-state index in [0.29, 0.717) is 11.3 Å². The molecule has 0 spiro atoms. The van der Waals surface area contributed by atoms with E-state index in [1.807, 2.05) is 24.3 Å². The van der Waals surface area contributed by atoms with Gasteiger partial charge in [0, 0.05) is 5.56 Å². The van der Waals surface area contributed by atoms with Gasteiger partial charge in [-0.2, -0.15) is 0 Å². The van der Waals surface area contributed by atoms with Gasteiger partial charge in [0.1, 0.15) is 12.9 Å². The summed E-state index contributed by atoms with van der Waals surface area (Å²) in [6.45, 7) is 0. The quantitative estimate of drug-likeness (QED) is 0.529. The molecule has 0 aliphatic carbocycles. The maximum Gasteiger partial charge on any atom is 0.336 e. The van der Waals surface area contributed by atoms with Crippen LogP contribution in [0.5, 0.6) is 5.75 Å². The Bertz CT molecular complexity index is 583. The smallest absolute Gasteiger partial charge is 0.336 e. The summed E-state index contributed by atoms with van der Waals surface area (Å²) in [4.78, 5) is 16.7. The number of oxime groups is 1. The number of amidine groups is 1. The van der Waals surface area contributed by atoms with E-state index in [-0.39, 0.29) is 11.9 Å². The normalized spacial score (nSPS) is 10.8. The predicted octanol–water partition coefficient (Wildman–Crippen LogP) is 2.41. The Labute approximate surface area is 116 Å². The molecule has 1 N–H and O–H groups in total. The molecule has 0 aliphatic rings. The summed E-state index contributed by atoms with van der Waals surface area (Å²) in [6.07, 6.45) is 0. The van der Waals surface area contributed by atoms with Crippen LogP contribution in [0.2, 0.25) is 0 Å². The van der Waals surface area contributed by atoms with Crippen LogP contribution in [0.15, 0.2) is 65.8 Å². The van der Waals surface area contributed by atoms with Gasteiger partial charge in [0.25, 0.3) is 5.91 Å². The molecule has 0 aromatic heterocycles. The van der Waals surface area contributed by atoms with Crippen molar-refractivity contribution in [1.82, 2.24) is 5.32 Å². The van der Waals surface area contributed by atoms with Gasteiger partial charge in [0.05, 0.1) is 0 Å². The summed E-state index contributed by atoms with van der Waals surface area (Å²) in [7, 11) is 1.38. The summed E-state index contributed by atoms with van der Waals surface area (Å²) in [5, 5.41) is 6.19. The minimum Gasteiger partial charge on any atom is -0.424 e.